The summed E-state index contributed by atoms with van der Waals surface area (Å²) in [6.45, 7) is 9.57. The molecule has 1 aromatic carbocycles. The van der Waals surface area contributed by atoms with E-state index < -0.39 is 8.80 Å². The molecule has 1 atom stereocenters. The largest absolute Gasteiger partial charge is 0.329 e. The normalized spacial score (nSPS) is 19.3. The van der Waals surface area contributed by atoms with Crippen molar-refractivity contribution in [3.05, 3.63) is 54.1 Å². The van der Waals surface area contributed by atoms with Gasteiger partial charge in [-0.3, -0.25) is 0 Å². The molecule has 0 heterocycles. The van der Waals surface area contributed by atoms with Gasteiger partial charge in [0.15, 0.2) is 0 Å². The zero-order valence-corrected chi connectivity index (χ0v) is 12.2. The van der Waals surface area contributed by atoms with Gasteiger partial charge in [0.2, 0.25) is 0 Å². The first-order chi connectivity index (χ1) is 8.00. The first kappa shape index (κ1) is 12.4. The highest BCUT2D eigenvalue weighted by atomic mass is 28.3. The lowest BCUT2D eigenvalue weighted by molar-refractivity contribution is 0.732. The summed E-state index contributed by atoms with van der Waals surface area (Å²) in [5.74, 6) is 0. The molecule has 0 nitrogen and oxygen atoms in total. The van der Waals surface area contributed by atoms with Crippen LogP contribution in [0.5, 0.6) is 0 Å². The summed E-state index contributed by atoms with van der Waals surface area (Å²) in [6, 6.07) is 10.8. The van der Waals surface area contributed by atoms with Crippen LogP contribution in [-0.2, 0) is 0 Å². The van der Waals surface area contributed by atoms with Gasteiger partial charge in [-0.25, -0.2) is 0 Å². The van der Waals surface area contributed by atoms with Gasteiger partial charge < -0.3 is 0 Å². The van der Waals surface area contributed by atoms with Crippen molar-refractivity contribution in [1.29, 1.82) is 0 Å². The van der Waals surface area contributed by atoms with Crippen LogP contribution in [0.1, 0.15) is 26.3 Å². The molecule has 0 bridgehead atoms. The third kappa shape index (κ3) is 2.60. The minimum Gasteiger partial charge on any atom is -0.0626 e. The van der Waals surface area contributed by atoms with E-state index in [1.807, 2.05) is 0 Å². The lowest BCUT2D eigenvalue weighted by Gasteiger charge is -2.19. The molecular formula is C16H21Si+. The van der Waals surface area contributed by atoms with E-state index >= 15 is 0 Å². The minimum atomic E-state index is -0.433. The van der Waals surface area contributed by atoms with Crippen LogP contribution in [0.2, 0.25) is 17.1 Å². The van der Waals surface area contributed by atoms with Gasteiger partial charge in [-0.15, -0.1) is 0 Å². The fourth-order valence-corrected chi connectivity index (χ4v) is 4.29. The lowest BCUT2D eigenvalue weighted by atomic mass is 10.1. The van der Waals surface area contributed by atoms with Crippen molar-refractivity contribution in [2.45, 2.75) is 37.9 Å². The molecule has 0 aromatic heterocycles. The molecule has 1 aromatic rings. The molecule has 0 saturated heterocycles. The Morgan fingerprint density at radius 3 is 2.29 bits per heavy atom. The van der Waals surface area contributed by atoms with Gasteiger partial charge in [0.25, 0.3) is 0 Å². The van der Waals surface area contributed by atoms with Crippen LogP contribution in [0.25, 0.3) is 5.57 Å². The van der Waals surface area contributed by atoms with Gasteiger partial charge in [0, 0.05) is 0 Å². The second-order valence-corrected chi connectivity index (χ2v) is 9.27. The molecule has 0 radical (unpaired) electrons. The van der Waals surface area contributed by atoms with Crippen molar-refractivity contribution < 1.29 is 0 Å². The number of rotatable bonds is 2. The maximum atomic E-state index is 2.46. The van der Waals surface area contributed by atoms with E-state index in [0.717, 1.165) is 0 Å². The lowest BCUT2D eigenvalue weighted by Crippen LogP contribution is -2.26. The van der Waals surface area contributed by atoms with E-state index in [9.17, 15) is 0 Å². The molecule has 0 amide bonds. The van der Waals surface area contributed by atoms with Crippen LogP contribution in [-0.4, -0.2) is 8.80 Å². The molecular weight excluding hydrogens is 220 g/mol. The van der Waals surface area contributed by atoms with Crippen molar-refractivity contribution >= 4 is 14.4 Å². The monoisotopic (exact) mass is 241 g/mol. The Labute approximate surface area is 107 Å². The summed E-state index contributed by atoms with van der Waals surface area (Å²) in [5, 5.41) is 0.442. The first-order valence-corrected chi connectivity index (χ1v) is 8.35. The van der Waals surface area contributed by atoms with Gasteiger partial charge in [0.1, 0.15) is 5.54 Å². The number of hydrogen-bond acceptors (Lipinski definition) is 0. The van der Waals surface area contributed by atoms with Crippen molar-refractivity contribution in [3.8, 4) is 0 Å². The van der Waals surface area contributed by atoms with Gasteiger partial charge in [0.05, 0.1) is 11.6 Å². The van der Waals surface area contributed by atoms with E-state index in [1.54, 1.807) is 0 Å². The van der Waals surface area contributed by atoms with Crippen molar-refractivity contribution in [2.75, 3.05) is 0 Å². The van der Waals surface area contributed by atoms with Gasteiger partial charge >= 0.3 is 8.80 Å². The second-order valence-electron chi connectivity index (χ2n) is 5.78. The zero-order chi connectivity index (χ0) is 12.5. The molecule has 0 saturated carbocycles. The third-order valence-corrected chi connectivity index (χ3v) is 7.47. The Balaban J connectivity index is 2.27. The molecule has 1 aliphatic rings. The summed E-state index contributed by atoms with van der Waals surface area (Å²) in [4.78, 5) is 0. The SMILES string of the molecule is C[Si+](C1C=CC=C1c1ccccc1)C(C)(C)C. The average molecular weight is 241 g/mol. The smallest absolute Gasteiger partial charge is 0.0626 e. The Morgan fingerprint density at radius 2 is 1.71 bits per heavy atom. The molecule has 1 unspecified atom stereocenters. The minimum absolute atomic E-state index is 0.433. The predicted octanol–water partition coefficient (Wildman–Crippen LogP) is 4.93. The fourth-order valence-electron chi connectivity index (χ4n) is 2.23. The molecule has 17 heavy (non-hydrogen) atoms. The molecule has 1 heteroatoms. The van der Waals surface area contributed by atoms with E-state index in [4.69, 9.17) is 0 Å². The summed E-state index contributed by atoms with van der Waals surface area (Å²) >= 11 is 0. The molecule has 88 valence electrons. The predicted molar refractivity (Wildman–Crippen MR) is 78.6 cm³/mol. The fraction of sp³-hybridized carbons (Fsp3) is 0.375. The van der Waals surface area contributed by atoms with Gasteiger partial charge in [-0.05, 0) is 38.0 Å². The number of hydrogen-bond donors (Lipinski definition) is 0. The highest BCUT2D eigenvalue weighted by Gasteiger charge is 2.45. The maximum absolute atomic E-state index is 2.46. The number of allylic oxidation sites excluding steroid dienone is 4. The van der Waals surface area contributed by atoms with E-state index in [-0.39, 0.29) is 0 Å². The Bertz CT molecular complexity index is 434. The van der Waals surface area contributed by atoms with E-state index in [1.165, 1.54) is 11.1 Å². The summed E-state index contributed by atoms with van der Waals surface area (Å²) < 4.78 is 0. The summed E-state index contributed by atoms with van der Waals surface area (Å²) in [7, 11) is -0.433. The second kappa shape index (κ2) is 4.65. The molecule has 2 rings (SSSR count). The standard InChI is InChI=1S/C16H21Si/c1-16(2,3)17(4)15-12-8-11-14(15)13-9-6-5-7-10-13/h5-12,15H,1-4H3/q+1. The van der Waals surface area contributed by atoms with Gasteiger partial charge in [-0.2, -0.15) is 0 Å². The Kier molecular flexibility index (Phi) is 3.39. The van der Waals surface area contributed by atoms with Crippen molar-refractivity contribution in [2.24, 2.45) is 0 Å². The Hall–Kier alpha value is -1.08. The van der Waals surface area contributed by atoms with Gasteiger partial charge in [-0.1, -0.05) is 42.5 Å². The van der Waals surface area contributed by atoms with Crippen molar-refractivity contribution in [3.63, 3.8) is 0 Å². The van der Waals surface area contributed by atoms with Crippen LogP contribution < -0.4 is 0 Å². The Morgan fingerprint density at radius 1 is 1.06 bits per heavy atom. The van der Waals surface area contributed by atoms with Crippen LogP contribution in [0.4, 0.5) is 0 Å². The van der Waals surface area contributed by atoms with Crippen LogP contribution in [0, 0.1) is 0 Å². The number of benzene rings is 1. The quantitative estimate of drug-likeness (QED) is 0.644. The van der Waals surface area contributed by atoms with Crippen LogP contribution in [0.15, 0.2) is 48.6 Å². The molecule has 0 spiro atoms. The maximum Gasteiger partial charge on any atom is 0.329 e. The first-order valence-electron chi connectivity index (χ1n) is 6.28. The molecule has 0 fully saturated rings. The third-order valence-electron chi connectivity index (χ3n) is 3.67. The molecule has 0 N–H and O–H groups in total. The molecule has 0 aliphatic heterocycles. The van der Waals surface area contributed by atoms with E-state index in [2.05, 4.69) is 75.9 Å². The highest BCUT2D eigenvalue weighted by molar-refractivity contribution is 6.65. The van der Waals surface area contributed by atoms with Crippen LogP contribution in [0.3, 0.4) is 0 Å². The summed E-state index contributed by atoms with van der Waals surface area (Å²) in [5.41, 5.74) is 3.55. The molecule has 1 aliphatic carbocycles. The highest BCUT2D eigenvalue weighted by Crippen LogP contribution is 2.43. The zero-order valence-electron chi connectivity index (χ0n) is 11.2. The topological polar surface area (TPSA) is 0 Å². The summed E-state index contributed by atoms with van der Waals surface area (Å²) in [6.07, 6.45) is 6.91. The van der Waals surface area contributed by atoms with E-state index in [0.29, 0.717) is 10.6 Å². The average Bonchev–Trinajstić information content (AvgIpc) is 2.76. The van der Waals surface area contributed by atoms with Crippen molar-refractivity contribution in [1.82, 2.24) is 0 Å². The van der Waals surface area contributed by atoms with Crippen LogP contribution >= 0.6 is 0 Å².